The van der Waals surface area contributed by atoms with Gasteiger partial charge in [0.15, 0.2) is 0 Å². The fourth-order valence-electron chi connectivity index (χ4n) is 5.06. The fraction of sp³-hybridized carbons (Fsp3) is 0.682. The van der Waals surface area contributed by atoms with Gasteiger partial charge in [-0.2, -0.15) is 0 Å². The van der Waals surface area contributed by atoms with Gasteiger partial charge in [0.25, 0.3) is 0 Å². The van der Waals surface area contributed by atoms with E-state index in [1.165, 1.54) is 25.7 Å². The van der Waals surface area contributed by atoms with Gasteiger partial charge in [0.05, 0.1) is 5.60 Å². The molecule has 0 bridgehead atoms. The van der Waals surface area contributed by atoms with Crippen molar-refractivity contribution in [3.63, 3.8) is 0 Å². The minimum atomic E-state index is -0.801. The SMILES string of the molecule is O=C(NC1CCN(C2CCCC2)CC1)N1CCC(O)(c2ccccc2)CC1. The lowest BCUT2D eigenvalue weighted by Crippen LogP contribution is -2.53. The molecule has 0 atom stereocenters. The molecule has 2 saturated heterocycles. The molecule has 0 radical (unpaired) electrons. The third-order valence-corrected chi connectivity index (χ3v) is 6.89. The quantitative estimate of drug-likeness (QED) is 0.858. The normalized spacial score (nSPS) is 24.9. The summed E-state index contributed by atoms with van der Waals surface area (Å²) in [6.07, 6.45) is 8.80. The van der Waals surface area contributed by atoms with E-state index in [0.717, 1.165) is 37.5 Å². The van der Waals surface area contributed by atoms with Crippen LogP contribution in [0.3, 0.4) is 0 Å². The fourth-order valence-corrected chi connectivity index (χ4v) is 5.06. The molecule has 148 valence electrons. The van der Waals surface area contributed by atoms with Crippen LogP contribution >= 0.6 is 0 Å². The molecule has 1 aliphatic carbocycles. The Bertz CT molecular complexity index is 614. The van der Waals surface area contributed by atoms with Gasteiger partial charge in [-0.15, -0.1) is 0 Å². The molecule has 2 amide bonds. The summed E-state index contributed by atoms with van der Waals surface area (Å²) in [5.41, 5.74) is 0.161. The van der Waals surface area contributed by atoms with Gasteiger partial charge in [-0.05, 0) is 44.1 Å². The van der Waals surface area contributed by atoms with E-state index in [1.54, 1.807) is 0 Å². The lowest BCUT2D eigenvalue weighted by atomic mass is 9.84. The Morgan fingerprint density at radius 1 is 0.963 bits per heavy atom. The number of amides is 2. The third kappa shape index (κ3) is 4.30. The summed E-state index contributed by atoms with van der Waals surface area (Å²) < 4.78 is 0. The Hall–Kier alpha value is -1.59. The molecule has 0 aromatic heterocycles. The Kier molecular flexibility index (Phi) is 5.69. The lowest BCUT2D eigenvalue weighted by molar-refractivity contribution is -0.0171. The van der Waals surface area contributed by atoms with E-state index in [9.17, 15) is 9.90 Å². The van der Waals surface area contributed by atoms with Crippen LogP contribution in [-0.4, -0.2) is 59.2 Å². The topological polar surface area (TPSA) is 55.8 Å². The van der Waals surface area contributed by atoms with Gasteiger partial charge in [-0.25, -0.2) is 4.79 Å². The van der Waals surface area contributed by atoms with Gasteiger partial charge in [-0.1, -0.05) is 43.2 Å². The van der Waals surface area contributed by atoms with Crippen LogP contribution in [0.25, 0.3) is 0 Å². The molecule has 2 N–H and O–H groups in total. The molecule has 3 aliphatic rings. The first-order chi connectivity index (χ1) is 13.1. The zero-order valence-electron chi connectivity index (χ0n) is 16.3. The van der Waals surface area contributed by atoms with Crippen LogP contribution in [0.5, 0.6) is 0 Å². The largest absolute Gasteiger partial charge is 0.385 e. The summed E-state index contributed by atoms with van der Waals surface area (Å²) in [6, 6.07) is 11.0. The third-order valence-electron chi connectivity index (χ3n) is 6.89. The first kappa shape index (κ1) is 18.8. The number of hydrogen-bond donors (Lipinski definition) is 2. The molecule has 0 spiro atoms. The van der Waals surface area contributed by atoms with Gasteiger partial charge in [-0.3, -0.25) is 0 Å². The van der Waals surface area contributed by atoms with Crippen molar-refractivity contribution in [1.82, 2.24) is 15.1 Å². The Balaban J connectivity index is 1.23. The summed E-state index contributed by atoms with van der Waals surface area (Å²) in [4.78, 5) is 17.2. The Morgan fingerprint density at radius 2 is 1.59 bits per heavy atom. The number of benzene rings is 1. The van der Waals surface area contributed by atoms with Crippen LogP contribution in [0, 0.1) is 0 Å². The molecular weight excluding hydrogens is 338 g/mol. The van der Waals surface area contributed by atoms with Crippen molar-refractivity contribution < 1.29 is 9.90 Å². The first-order valence-corrected chi connectivity index (χ1v) is 10.7. The van der Waals surface area contributed by atoms with Gasteiger partial charge in [0.2, 0.25) is 0 Å². The highest BCUT2D eigenvalue weighted by molar-refractivity contribution is 5.74. The van der Waals surface area contributed by atoms with Gasteiger partial charge in [0.1, 0.15) is 0 Å². The molecule has 27 heavy (non-hydrogen) atoms. The highest BCUT2D eigenvalue weighted by Gasteiger charge is 2.36. The zero-order valence-corrected chi connectivity index (χ0v) is 16.3. The van der Waals surface area contributed by atoms with E-state index >= 15 is 0 Å². The summed E-state index contributed by atoms with van der Waals surface area (Å²) in [5.74, 6) is 0. The van der Waals surface area contributed by atoms with Gasteiger partial charge in [0, 0.05) is 38.3 Å². The highest BCUT2D eigenvalue weighted by Crippen LogP contribution is 2.32. The molecule has 1 aromatic carbocycles. The maximum absolute atomic E-state index is 12.7. The van der Waals surface area contributed by atoms with E-state index in [2.05, 4.69) is 10.2 Å². The number of carbonyl (C=O) groups excluding carboxylic acids is 1. The van der Waals surface area contributed by atoms with Crippen molar-refractivity contribution in [2.45, 2.75) is 69.1 Å². The maximum atomic E-state index is 12.7. The first-order valence-electron chi connectivity index (χ1n) is 10.7. The zero-order chi connectivity index (χ0) is 18.7. The molecule has 3 fully saturated rings. The lowest BCUT2D eigenvalue weighted by Gasteiger charge is -2.40. The van der Waals surface area contributed by atoms with Crippen molar-refractivity contribution in [2.75, 3.05) is 26.2 Å². The Labute approximate surface area is 162 Å². The minimum Gasteiger partial charge on any atom is -0.385 e. The van der Waals surface area contributed by atoms with Crippen molar-refractivity contribution in [2.24, 2.45) is 0 Å². The van der Waals surface area contributed by atoms with Crippen LogP contribution in [0.1, 0.15) is 56.9 Å². The van der Waals surface area contributed by atoms with Gasteiger partial charge < -0.3 is 20.2 Å². The molecule has 1 saturated carbocycles. The van der Waals surface area contributed by atoms with Crippen LogP contribution in [0.15, 0.2) is 30.3 Å². The van der Waals surface area contributed by atoms with Crippen LogP contribution < -0.4 is 5.32 Å². The number of hydrogen-bond acceptors (Lipinski definition) is 3. The number of carbonyl (C=O) groups is 1. The smallest absolute Gasteiger partial charge is 0.317 e. The van der Waals surface area contributed by atoms with Crippen LogP contribution in [0.4, 0.5) is 4.79 Å². The number of piperidine rings is 2. The summed E-state index contributed by atoms with van der Waals surface area (Å²) in [6.45, 7) is 3.45. The monoisotopic (exact) mass is 371 g/mol. The molecule has 1 aromatic rings. The summed E-state index contributed by atoms with van der Waals surface area (Å²) in [5, 5.41) is 14.2. The summed E-state index contributed by atoms with van der Waals surface area (Å²) >= 11 is 0. The molecule has 5 nitrogen and oxygen atoms in total. The van der Waals surface area contributed by atoms with Crippen molar-refractivity contribution >= 4 is 6.03 Å². The van der Waals surface area contributed by atoms with Crippen LogP contribution in [0.2, 0.25) is 0 Å². The van der Waals surface area contributed by atoms with E-state index in [4.69, 9.17) is 0 Å². The van der Waals surface area contributed by atoms with E-state index < -0.39 is 5.60 Å². The number of nitrogens with one attached hydrogen (secondary N) is 1. The number of likely N-dealkylation sites (tertiary alicyclic amines) is 2. The highest BCUT2D eigenvalue weighted by atomic mass is 16.3. The van der Waals surface area contributed by atoms with Gasteiger partial charge >= 0.3 is 6.03 Å². The second-order valence-electron chi connectivity index (χ2n) is 8.58. The molecule has 2 aliphatic heterocycles. The predicted molar refractivity (Wildman–Crippen MR) is 107 cm³/mol. The summed E-state index contributed by atoms with van der Waals surface area (Å²) in [7, 11) is 0. The molecule has 0 unspecified atom stereocenters. The predicted octanol–water partition coefficient (Wildman–Crippen LogP) is 3.09. The van der Waals surface area contributed by atoms with Crippen molar-refractivity contribution in [3.05, 3.63) is 35.9 Å². The van der Waals surface area contributed by atoms with Crippen molar-refractivity contribution in [3.8, 4) is 0 Å². The average Bonchev–Trinajstić information content (AvgIpc) is 3.25. The molecular formula is C22H33N3O2. The standard InChI is InChI=1S/C22H33N3O2/c26-21(23-19-10-14-24(15-11-19)20-8-4-5-9-20)25-16-12-22(27,13-17-25)18-6-2-1-3-7-18/h1-3,6-7,19-20,27H,4-5,8-17H2,(H,23,26). The minimum absolute atomic E-state index is 0.0458. The average molecular weight is 372 g/mol. The second-order valence-corrected chi connectivity index (χ2v) is 8.58. The maximum Gasteiger partial charge on any atom is 0.317 e. The molecule has 4 rings (SSSR count). The van der Waals surface area contributed by atoms with E-state index in [-0.39, 0.29) is 6.03 Å². The van der Waals surface area contributed by atoms with Crippen LogP contribution in [-0.2, 0) is 5.60 Å². The second kappa shape index (κ2) is 8.19. The Morgan fingerprint density at radius 3 is 2.22 bits per heavy atom. The molecule has 5 heteroatoms. The number of nitrogens with zero attached hydrogens (tertiary/aromatic N) is 2. The number of aliphatic hydroxyl groups is 1. The molecule has 2 heterocycles. The number of urea groups is 1. The number of rotatable bonds is 3. The van der Waals surface area contributed by atoms with Crippen molar-refractivity contribution in [1.29, 1.82) is 0 Å². The van der Waals surface area contributed by atoms with E-state index in [0.29, 0.717) is 32.0 Å². The van der Waals surface area contributed by atoms with E-state index in [1.807, 2.05) is 35.2 Å².